The minimum atomic E-state index is -1.18. The number of carboxylic acid groups (broad SMARTS) is 1. The van der Waals surface area contributed by atoms with E-state index in [1.54, 1.807) is 0 Å². The molecule has 19 heavy (non-hydrogen) atoms. The second-order valence-electron chi connectivity index (χ2n) is 3.99. The highest BCUT2D eigenvalue weighted by molar-refractivity contribution is 6.04. The zero-order valence-electron chi connectivity index (χ0n) is 10.7. The van der Waals surface area contributed by atoms with E-state index >= 15 is 0 Å². The number of pyridine rings is 1. The maximum atomic E-state index is 11.8. The van der Waals surface area contributed by atoms with Crippen molar-refractivity contribution in [1.82, 2.24) is 10.3 Å². The normalized spacial score (nSPS) is 9.95. The number of carbonyl (C=O) groups excluding carboxylic acids is 1. The van der Waals surface area contributed by atoms with Crippen LogP contribution in [0.2, 0.25) is 0 Å². The van der Waals surface area contributed by atoms with Gasteiger partial charge in [0.05, 0.1) is 24.3 Å². The minimum Gasteiger partial charge on any atom is -0.478 e. The smallest absolute Gasteiger partial charge is 0.338 e. The Morgan fingerprint density at radius 3 is 2.84 bits per heavy atom. The van der Waals surface area contributed by atoms with Gasteiger partial charge in [0.2, 0.25) is 0 Å². The maximum absolute atomic E-state index is 11.8. The summed E-state index contributed by atoms with van der Waals surface area (Å²) in [5.41, 5.74) is 0.860. The van der Waals surface area contributed by atoms with Crippen molar-refractivity contribution in [2.75, 3.05) is 19.8 Å². The molecule has 102 valence electrons. The number of amides is 1. The summed E-state index contributed by atoms with van der Waals surface area (Å²) in [6, 6.07) is 1.37. The number of carbonyl (C=O) groups is 2. The highest BCUT2D eigenvalue weighted by Gasteiger charge is 2.15. The van der Waals surface area contributed by atoms with Crippen molar-refractivity contribution in [2.24, 2.45) is 0 Å². The number of rotatable bonds is 7. The van der Waals surface area contributed by atoms with Crippen LogP contribution in [-0.2, 0) is 4.74 Å². The Labute approximate surface area is 111 Å². The summed E-state index contributed by atoms with van der Waals surface area (Å²) in [4.78, 5) is 26.4. The van der Waals surface area contributed by atoms with Crippen molar-refractivity contribution in [2.45, 2.75) is 6.92 Å². The first-order valence-corrected chi connectivity index (χ1v) is 5.70. The number of aromatic carboxylic acids is 1. The SMILES string of the molecule is C=C(C)COCCNC(=O)c1ccncc1C(=O)O. The van der Waals surface area contributed by atoms with Crippen molar-refractivity contribution < 1.29 is 19.4 Å². The lowest BCUT2D eigenvalue weighted by Crippen LogP contribution is -2.29. The summed E-state index contributed by atoms with van der Waals surface area (Å²) < 4.78 is 5.22. The van der Waals surface area contributed by atoms with Gasteiger partial charge in [-0.1, -0.05) is 12.2 Å². The van der Waals surface area contributed by atoms with E-state index in [0.717, 1.165) is 11.8 Å². The van der Waals surface area contributed by atoms with Crippen LogP contribution in [0.5, 0.6) is 0 Å². The molecule has 1 aromatic heterocycles. The Hall–Kier alpha value is -2.21. The second kappa shape index (κ2) is 7.27. The highest BCUT2D eigenvalue weighted by atomic mass is 16.5. The van der Waals surface area contributed by atoms with Crippen molar-refractivity contribution in [3.63, 3.8) is 0 Å². The van der Waals surface area contributed by atoms with Crippen LogP contribution >= 0.6 is 0 Å². The number of nitrogens with zero attached hydrogens (tertiary/aromatic N) is 1. The molecule has 1 rings (SSSR count). The molecule has 0 saturated carbocycles. The fraction of sp³-hybridized carbons (Fsp3) is 0.308. The van der Waals surface area contributed by atoms with E-state index in [4.69, 9.17) is 9.84 Å². The predicted octanol–water partition coefficient (Wildman–Crippen LogP) is 1.10. The molecule has 0 spiro atoms. The van der Waals surface area contributed by atoms with Crippen LogP contribution in [0, 0.1) is 0 Å². The molecule has 0 bridgehead atoms. The van der Waals surface area contributed by atoms with E-state index in [1.807, 2.05) is 6.92 Å². The standard InChI is InChI=1S/C13H16N2O4/c1-9(2)8-19-6-5-15-12(16)10-3-4-14-7-11(10)13(17)18/h3-4,7H,1,5-6,8H2,2H3,(H,15,16)(H,17,18). The topological polar surface area (TPSA) is 88.5 Å². The van der Waals surface area contributed by atoms with E-state index in [2.05, 4.69) is 16.9 Å². The quantitative estimate of drug-likeness (QED) is 0.568. The molecule has 0 aliphatic heterocycles. The van der Waals surface area contributed by atoms with Gasteiger partial charge >= 0.3 is 5.97 Å². The largest absolute Gasteiger partial charge is 0.478 e. The van der Waals surface area contributed by atoms with Crippen LogP contribution in [0.25, 0.3) is 0 Å². The predicted molar refractivity (Wildman–Crippen MR) is 69.2 cm³/mol. The summed E-state index contributed by atoms with van der Waals surface area (Å²) in [5.74, 6) is -1.64. The van der Waals surface area contributed by atoms with Gasteiger partial charge in [-0.25, -0.2) is 4.79 Å². The molecule has 1 amide bonds. The third-order valence-corrected chi connectivity index (χ3v) is 2.18. The molecule has 6 heteroatoms. The van der Waals surface area contributed by atoms with Crippen LogP contribution in [0.4, 0.5) is 0 Å². The van der Waals surface area contributed by atoms with Gasteiger partial charge in [-0.05, 0) is 13.0 Å². The molecule has 0 atom stereocenters. The lowest BCUT2D eigenvalue weighted by Gasteiger charge is -2.08. The summed E-state index contributed by atoms with van der Waals surface area (Å²) in [6.07, 6.45) is 2.52. The monoisotopic (exact) mass is 264 g/mol. The molecule has 0 unspecified atom stereocenters. The summed E-state index contributed by atoms with van der Waals surface area (Å²) >= 11 is 0. The lowest BCUT2D eigenvalue weighted by molar-refractivity contribution is 0.0690. The average molecular weight is 264 g/mol. The Kier molecular flexibility index (Phi) is 5.69. The molecule has 1 heterocycles. The maximum Gasteiger partial charge on any atom is 0.338 e. The first-order valence-electron chi connectivity index (χ1n) is 5.70. The minimum absolute atomic E-state index is 0.0856. The highest BCUT2D eigenvalue weighted by Crippen LogP contribution is 2.06. The van der Waals surface area contributed by atoms with E-state index in [9.17, 15) is 9.59 Å². The van der Waals surface area contributed by atoms with E-state index in [-0.39, 0.29) is 11.1 Å². The van der Waals surface area contributed by atoms with Crippen LogP contribution < -0.4 is 5.32 Å². The summed E-state index contributed by atoms with van der Waals surface area (Å²) in [5, 5.41) is 11.5. The zero-order chi connectivity index (χ0) is 14.3. The number of carboxylic acids is 1. The van der Waals surface area contributed by atoms with Gasteiger partial charge in [-0.15, -0.1) is 0 Å². The fourth-order valence-electron chi connectivity index (χ4n) is 1.34. The molecule has 1 aromatic rings. The van der Waals surface area contributed by atoms with Gasteiger partial charge in [0.1, 0.15) is 0 Å². The molecular weight excluding hydrogens is 248 g/mol. The van der Waals surface area contributed by atoms with Gasteiger partial charge < -0.3 is 15.2 Å². The molecular formula is C13H16N2O4. The summed E-state index contributed by atoms with van der Waals surface area (Å²) in [6.45, 7) is 6.60. The number of nitrogens with one attached hydrogen (secondary N) is 1. The van der Waals surface area contributed by atoms with E-state index in [1.165, 1.54) is 12.3 Å². The van der Waals surface area contributed by atoms with Crippen molar-refractivity contribution in [3.05, 3.63) is 41.7 Å². The number of ether oxygens (including phenoxy) is 1. The Morgan fingerprint density at radius 1 is 1.47 bits per heavy atom. The van der Waals surface area contributed by atoms with Crippen molar-refractivity contribution in [3.8, 4) is 0 Å². The number of hydrogen-bond acceptors (Lipinski definition) is 4. The van der Waals surface area contributed by atoms with Crippen molar-refractivity contribution in [1.29, 1.82) is 0 Å². The lowest BCUT2D eigenvalue weighted by atomic mass is 10.1. The van der Waals surface area contributed by atoms with Crippen LogP contribution in [0.15, 0.2) is 30.6 Å². The molecule has 0 aromatic carbocycles. The Bertz CT molecular complexity index is 485. The first kappa shape index (κ1) is 14.8. The second-order valence-corrected chi connectivity index (χ2v) is 3.99. The molecule has 6 nitrogen and oxygen atoms in total. The van der Waals surface area contributed by atoms with Gasteiger partial charge in [0.15, 0.2) is 0 Å². The molecule has 0 fully saturated rings. The Balaban J connectivity index is 2.50. The Morgan fingerprint density at radius 2 is 2.21 bits per heavy atom. The van der Waals surface area contributed by atoms with Gasteiger partial charge in [0, 0.05) is 18.9 Å². The van der Waals surface area contributed by atoms with Crippen LogP contribution in [0.1, 0.15) is 27.6 Å². The molecule has 0 saturated heterocycles. The van der Waals surface area contributed by atoms with Crippen molar-refractivity contribution >= 4 is 11.9 Å². The van der Waals surface area contributed by atoms with E-state index < -0.39 is 11.9 Å². The number of aromatic nitrogens is 1. The zero-order valence-corrected chi connectivity index (χ0v) is 10.7. The molecule has 0 radical (unpaired) electrons. The van der Waals surface area contributed by atoms with Crippen LogP contribution in [-0.4, -0.2) is 41.7 Å². The summed E-state index contributed by atoms with van der Waals surface area (Å²) in [7, 11) is 0. The molecule has 0 aliphatic carbocycles. The van der Waals surface area contributed by atoms with Crippen LogP contribution in [0.3, 0.4) is 0 Å². The average Bonchev–Trinajstić information content (AvgIpc) is 2.37. The van der Waals surface area contributed by atoms with Gasteiger partial charge in [0.25, 0.3) is 5.91 Å². The number of hydrogen-bond donors (Lipinski definition) is 2. The molecule has 0 aliphatic rings. The fourth-order valence-corrected chi connectivity index (χ4v) is 1.34. The first-order chi connectivity index (χ1) is 9.02. The third-order valence-electron chi connectivity index (χ3n) is 2.18. The van der Waals surface area contributed by atoms with Gasteiger partial charge in [-0.2, -0.15) is 0 Å². The van der Waals surface area contributed by atoms with E-state index in [0.29, 0.717) is 19.8 Å². The van der Waals surface area contributed by atoms with Gasteiger partial charge in [-0.3, -0.25) is 9.78 Å². The third kappa shape index (κ3) is 4.89. The molecule has 2 N–H and O–H groups in total.